The van der Waals surface area contributed by atoms with Crippen LogP contribution in [0.2, 0.25) is 0 Å². The van der Waals surface area contributed by atoms with E-state index in [1.807, 2.05) is 0 Å². The quantitative estimate of drug-likeness (QED) is 0.533. The normalized spacial score (nSPS) is 15.0. The molecule has 2 heteroatoms. The Bertz CT molecular complexity index is 137. The Morgan fingerprint density at radius 3 is 1.75 bits per heavy atom. The molecular formula is C14H32N2. The Balaban J connectivity index is 3.70. The molecule has 0 heterocycles. The van der Waals surface area contributed by atoms with E-state index in [0.29, 0.717) is 0 Å². The molecule has 98 valence electrons. The van der Waals surface area contributed by atoms with Crippen molar-refractivity contribution >= 4 is 0 Å². The molecule has 0 aromatic carbocycles. The van der Waals surface area contributed by atoms with E-state index in [4.69, 9.17) is 11.5 Å². The molecule has 0 radical (unpaired) electrons. The SMILES string of the molecule is CCC(CCN)C(CC)CCCCCCN. The zero-order valence-corrected chi connectivity index (χ0v) is 11.4. The number of unbranched alkanes of at least 4 members (excludes halogenated alkanes) is 3. The third kappa shape index (κ3) is 7.24. The van der Waals surface area contributed by atoms with Gasteiger partial charge in [-0.2, -0.15) is 0 Å². The van der Waals surface area contributed by atoms with E-state index in [2.05, 4.69) is 13.8 Å². The van der Waals surface area contributed by atoms with Gasteiger partial charge in [-0.3, -0.25) is 0 Å². The van der Waals surface area contributed by atoms with Crippen LogP contribution < -0.4 is 11.5 Å². The fraction of sp³-hybridized carbons (Fsp3) is 1.00. The fourth-order valence-corrected chi connectivity index (χ4v) is 2.66. The minimum atomic E-state index is 0.849. The van der Waals surface area contributed by atoms with E-state index < -0.39 is 0 Å². The van der Waals surface area contributed by atoms with Crippen LogP contribution in [0.5, 0.6) is 0 Å². The van der Waals surface area contributed by atoms with Crippen molar-refractivity contribution in [2.45, 2.75) is 65.2 Å². The number of rotatable bonds is 11. The summed E-state index contributed by atoms with van der Waals surface area (Å²) in [5, 5.41) is 0. The van der Waals surface area contributed by atoms with Gasteiger partial charge in [0.15, 0.2) is 0 Å². The molecule has 0 saturated carbocycles. The van der Waals surface area contributed by atoms with Crippen LogP contribution in [-0.4, -0.2) is 13.1 Å². The summed E-state index contributed by atoms with van der Waals surface area (Å²) < 4.78 is 0. The lowest BCUT2D eigenvalue weighted by Gasteiger charge is -2.24. The Labute approximate surface area is 102 Å². The van der Waals surface area contributed by atoms with E-state index in [1.54, 1.807) is 0 Å². The summed E-state index contributed by atoms with van der Waals surface area (Å²) in [5.41, 5.74) is 11.2. The Morgan fingerprint density at radius 2 is 1.25 bits per heavy atom. The minimum Gasteiger partial charge on any atom is -0.330 e. The lowest BCUT2D eigenvalue weighted by molar-refractivity contribution is 0.273. The first kappa shape index (κ1) is 15.9. The first-order valence-electron chi connectivity index (χ1n) is 7.20. The molecule has 2 nitrogen and oxygen atoms in total. The molecule has 0 aliphatic carbocycles. The predicted molar refractivity (Wildman–Crippen MR) is 73.4 cm³/mol. The van der Waals surface area contributed by atoms with Crippen molar-refractivity contribution in [3.05, 3.63) is 0 Å². The van der Waals surface area contributed by atoms with Crippen LogP contribution in [0, 0.1) is 11.8 Å². The summed E-state index contributed by atoms with van der Waals surface area (Å²) in [6.45, 7) is 6.32. The topological polar surface area (TPSA) is 52.0 Å². The van der Waals surface area contributed by atoms with Crippen molar-refractivity contribution in [2.75, 3.05) is 13.1 Å². The van der Waals surface area contributed by atoms with Crippen LogP contribution in [0.25, 0.3) is 0 Å². The Kier molecular flexibility index (Phi) is 11.3. The molecule has 0 amide bonds. The van der Waals surface area contributed by atoms with Crippen molar-refractivity contribution in [1.29, 1.82) is 0 Å². The Morgan fingerprint density at radius 1 is 0.688 bits per heavy atom. The molecule has 0 aliphatic heterocycles. The number of hydrogen-bond acceptors (Lipinski definition) is 2. The van der Waals surface area contributed by atoms with Gasteiger partial charge in [-0.15, -0.1) is 0 Å². The Hall–Kier alpha value is -0.0800. The molecule has 2 unspecified atom stereocenters. The third-order valence-corrected chi connectivity index (χ3v) is 3.78. The van der Waals surface area contributed by atoms with Gasteiger partial charge in [0.2, 0.25) is 0 Å². The molecule has 0 spiro atoms. The van der Waals surface area contributed by atoms with Crippen molar-refractivity contribution in [3.8, 4) is 0 Å². The van der Waals surface area contributed by atoms with Gasteiger partial charge in [0.25, 0.3) is 0 Å². The van der Waals surface area contributed by atoms with E-state index in [0.717, 1.165) is 24.9 Å². The highest BCUT2D eigenvalue weighted by Gasteiger charge is 2.16. The van der Waals surface area contributed by atoms with E-state index in [1.165, 1.54) is 51.4 Å². The van der Waals surface area contributed by atoms with Gasteiger partial charge in [-0.25, -0.2) is 0 Å². The first-order chi connectivity index (χ1) is 7.79. The van der Waals surface area contributed by atoms with Crippen LogP contribution in [-0.2, 0) is 0 Å². The van der Waals surface area contributed by atoms with E-state index in [-0.39, 0.29) is 0 Å². The highest BCUT2D eigenvalue weighted by Crippen LogP contribution is 2.27. The zero-order chi connectivity index (χ0) is 12.2. The molecule has 0 fully saturated rings. The van der Waals surface area contributed by atoms with Gasteiger partial charge in [0.1, 0.15) is 0 Å². The summed E-state index contributed by atoms with van der Waals surface area (Å²) in [4.78, 5) is 0. The molecular weight excluding hydrogens is 196 g/mol. The fourth-order valence-electron chi connectivity index (χ4n) is 2.66. The van der Waals surface area contributed by atoms with Gasteiger partial charge in [-0.05, 0) is 37.8 Å². The van der Waals surface area contributed by atoms with Gasteiger partial charge in [-0.1, -0.05) is 52.4 Å². The van der Waals surface area contributed by atoms with Gasteiger partial charge < -0.3 is 11.5 Å². The predicted octanol–water partition coefficient (Wildman–Crippen LogP) is 3.30. The number of nitrogens with two attached hydrogens (primary N) is 2. The first-order valence-corrected chi connectivity index (χ1v) is 7.20. The molecule has 0 aromatic heterocycles. The maximum atomic E-state index is 5.68. The monoisotopic (exact) mass is 228 g/mol. The standard InChI is InChI=1S/C14H32N2/c1-3-13(14(4-2)10-12-16)9-7-5-6-8-11-15/h13-14H,3-12,15-16H2,1-2H3. The molecule has 4 N–H and O–H groups in total. The molecule has 0 saturated heterocycles. The minimum absolute atomic E-state index is 0.849. The average molecular weight is 228 g/mol. The van der Waals surface area contributed by atoms with Gasteiger partial charge in [0.05, 0.1) is 0 Å². The van der Waals surface area contributed by atoms with E-state index >= 15 is 0 Å². The average Bonchev–Trinajstić information content (AvgIpc) is 2.31. The van der Waals surface area contributed by atoms with Gasteiger partial charge >= 0.3 is 0 Å². The smallest absolute Gasteiger partial charge is 0.00745 e. The maximum absolute atomic E-state index is 5.68. The summed E-state index contributed by atoms with van der Waals surface area (Å²) >= 11 is 0. The second kappa shape index (κ2) is 11.4. The second-order valence-corrected chi connectivity index (χ2v) is 4.91. The van der Waals surface area contributed by atoms with Crippen LogP contribution in [0.4, 0.5) is 0 Å². The molecule has 2 atom stereocenters. The molecule has 0 bridgehead atoms. The highest BCUT2D eigenvalue weighted by atomic mass is 14.5. The molecule has 0 aliphatic rings. The van der Waals surface area contributed by atoms with Crippen LogP contribution in [0.3, 0.4) is 0 Å². The lowest BCUT2D eigenvalue weighted by Crippen LogP contribution is -2.17. The summed E-state index contributed by atoms with van der Waals surface area (Å²) in [6, 6.07) is 0. The molecule has 0 aromatic rings. The van der Waals surface area contributed by atoms with Crippen molar-refractivity contribution in [2.24, 2.45) is 23.3 Å². The highest BCUT2D eigenvalue weighted by molar-refractivity contribution is 4.69. The lowest BCUT2D eigenvalue weighted by atomic mass is 9.82. The zero-order valence-electron chi connectivity index (χ0n) is 11.4. The van der Waals surface area contributed by atoms with Crippen LogP contribution in [0.15, 0.2) is 0 Å². The van der Waals surface area contributed by atoms with Crippen molar-refractivity contribution < 1.29 is 0 Å². The molecule has 0 rings (SSSR count). The largest absolute Gasteiger partial charge is 0.330 e. The molecule has 16 heavy (non-hydrogen) atoms. The van der Waals surface area contributed by atoms with Gasteiger partial charge in [0, 0.05) is 0 Å². The summed E-state index contributed by atoms with van der Waals surface area (Å²) in [7, 11) is 0. The van der Waals surface area contributed by atoms with Crippen LogP contribution >= 0.6 is 0 Å². The third-order valence-electron chi connectivity index (χ3n) is 3.78. The second-order valence-electron chi connectivity index (χ2n) is 4.91. The van der Waals surface area contributed by atoms with Crippen molar-refractivity contribution in [1.82, 2.24) is 0 Å². The summed E-state index contributed by atoms with van der Waals surface area (Å²) in [5.74, 6) is 1.75. The van der Waals surface area contributed by atoms with Crippen LogP contribution in [0.1, 0.15) is 65.2 Å². The van der Waals surface area contributed by atoms with E-state index in [9.17, 15) is 0 Å². The van der Waals surface area contributed by atoms with Crippen molar-refractivity contribution in [3.63, 3.8) is 0 Å². The summed E-state index contributed by atoms with van der Waals surface area (Å²) in [6.07, 6.45) is 10.4. The number of hydrogen-bond donors (Lipinski definition) is 2. The maximum Gasteiger partial charge on any atom is -0.00745 e.